The molecule has 0 radical (unpaired) electrons. The molecule has 1 atom stereocenters. The summed E-state index contributed by atoms with van der Waals surface area (Å²) in [6.07, 6.45) is 2.68. The molecule has 3 rings (SSSR count). The van der Waals surface area contributed by atoms with E-state index in [1.807, 2.05) is 43.0 Å². The number of ether oxygens (including phenoxy) is 1. The Morgan fingerprint density at radius 3 is 2.65 bits per heavy atom. The second-order valence-electron chi connectivity index (χ2n) is 6.44. The van der Waals surface area contributed by atoms with Crippen LogP contribution in [0, 0.1) is 0 Å². The smallest absolute Gasteiger partial charge is 0.274 e. The van der Waals surface area contributed by atoms with Crippen LogP contribution in [0.15, 0.2) is 41.2 Å². The molecule has 2 heterocycles. The third-order valence-corrected chi connectivity index (χ3v) is 4.61. The van der Waals surface area contributed by atoms with Crippen LogP contribution in [0.4, 0.5) is 0 Å². The summed E-state index contributed by atoms with van der Waals surface area (Å²) in [5.74, 6) is 0.715. The maximum Gasteiger partial charge on any atom is 0.274 e. The zero-order valence-corrected chi connectivity index (χ0v) is 15.4. The second-order valence-corrected chi connectivity index (χ2v) is 6.44. The number of benzene rings is 1. The summed E-state index contributed by atoms with van der Waals surface area (Å²) in [4.78, 5) is 26.7. The molecule has 0 spiro atoms. The lowest BCUT2D eigenvalue weighted by molar-refractivity contribution is 0.0726. The largest absolute Gasteiger partial charge is 0.494 e. The quantitative estimate of drug-likeness (QED) is 0.799. The van der Waals surface area contributed by atoms with Gasteiger partial charge in [-0.2, -0.15) is 5.10 Å². The highest BCUT2D eigenvalue weighted by molar-refractivity contribution is 5.92. The van der Waals surface area contributed by atoms with Gasteiger partial charge in [-0.25, -0.2) is 4.68 Å². The molecule has 1 aliphatic rings. The van der Waals surface area contributed by atoms with Gasteiger partial charge in [0.15, 0.2) is 0 Å². The van der Waals surface area contributed by atoms with Gasteiger partial charge >= 0.3 is 0 Å². The number of hydrogen-bond acceptors (Lipinski definition) is 4. The molecule has 0 aliphatic carbocycles. The van der Waals surface area contributed by atoms with E-state index in [1.54, 1.807) is 0 Å². The average Bonchev–Trinajstić information content (AvgIpc) is 3.14. The van der Waals surface area contributed by atoms with Gasteiger partial charge in [0, 0.05) is 19.2 Å². The van der Waals surface area contributed by atoms with Crippen LogP contribution in [0.2, 0.25) is 0 Å². The van der Waals surface area contributed by atoms with Gasteiger partial charge in [-0.1, -0.05) is 19.1 Å². The van der Waals surface area contributed by atoms with Crippen molar-refractivity contribution in [2.24, 2.45) is 0 Å². The Bertz CT molecular complexity index is 814. The minimum atomic E-state index is -0.173. The van der Waals surface area contributed by atoms with E-state index in [0.29, 0.717) is 25.4 Å². The molecule has 6 nitrogen and oxygen atoms in total. The molecule has 1 amide bonds. The number of likely N-dealkylation sites (tertiary alicyclic amines) is 1. The fourth-order valence-electron chi connectivity index (χ4n) is 3.39. The van der Waals surface area contributed by atoms with Gasteiger partial charge in [0.1, 0.15) is 11.4 Å². The Labute approximate surface area is 153 Å². The van der Waals surface area contributed by atoms with Gasteiger partial charge in [0.2, 0.25) is 0 Å². The summed E-state index contributed by atoms with van der Waals surface area (Å²) in [6.45, 7) is 5.78. The van der Waals surface area contributed by atoms with Crippen molar-refractivity contribution in [1.82, 2.24) is 14.7 Å². The van der Waals surface area contributed by atoms with Crippen LogP contribution in [0.3, 0.4) is 0 Å². The molecule has 2 aromatic rings. The number of amides is 1. The highest BCUT2D eigenvalue weighted by Crippen LogP contribution is 2.33. The lowest BCUT2D eigenvalue weighted by Gasteiger charge is -2.25. The van der Waals surface area contributed by atoms with E-state index in [4.69, 9.17) is 4.74 Å². The molecule has 0 N–H and O–H groups in total. The number of rotatable bonds is 6. The van der Waals surface area contributed by atoms with Crippen molar-refractivity contribution >= 4 is 5.91 Å². The molecule has 1 unspecified atom stereocenters. The van der Waals surface area contributed by atoms with Crippen LogP contribution in [0.1, 0.15) is 55.2 Å². The van der Waals surface area contributed by atoms with Gasteiger partial charge in [0.25, 0.3) is 11.5 Å². The summed E-state index contributed by atoms with van der Waals surface area (Å²) < 4.78 is 6.86. The normalized spacial score (nSPS) is 16.7. The Hall–Kier alpha value is -2.63. The van der Waals surface area contributed by atoms with Gasteiger partial charge in [-0.3, -0.25) is 9.59 Å². The average molecular weight is 355 g/mol. The van der Waals surface area contributed by atoms with Crippen LogP contribution in [0.25, 0.3) is 0 Å². The molecular formula is C20H25N3O3. The van der Waals surface area contributed by atoms with Crippen molar-refractivity contribution in [2.45, 2.75) is 45.7 Å². The fraction of sp³-hybridized carbons (Fsp3) is 0.450. The predicted molar refractivity (Wildman–Crippen MR) is 99.4 cm³/mol. The molecule has 0 bridgehead atoms. The van der Waals surface area contributed by atoms with Crippen LogP contribution >= 0.6 is 0 Å². The number of carbonyl (C=O) groups is 1. The maximum absolute atomic E-state index is 13.0. The van der Waals surface area contributed by atoms with Gasteiger partial charge in [-0.05, 0) is 49.9 Å². The molecular weight excluding hydrogens is 330 g/mol. The molecule has 1 aliphatic heterocycles. The third-order valence-electron chi connectivity index (χ3n) is 4.61. The minimum Gasteiger partial charge on any atom is -0.494 e. The Morgan fingerprint density at radius 1 is 1.19 bits per heavy atom. The summed E-state index contributed by atoms with van der Waals surface area (Å²) in [5.41, 5.74) is 1.25. The van der Waals surface area contributed by atoms with Crippen molar-refractivity contribution < 1.29 is 9.53 Å². The van der Waals surface area contributed by atoms with Gasteiger partial charge < -0.3 is 9.64 Å². The van der Waals surface area contributed by atoms with E-state index in [9.17, 15) is 9.59 Å². The van der Waals surface area contributed by atoms with Crippen LogP contribution in [-0.2, 0) is 6.54 Å². The van der Waals surface area contributed by atoms with E-state index in [2.05, 4.69) is 5.10 Å². The minimum absolute atomic E-state index is 0.0338. The fourth-order valence-corrected chi connectivity index (χ4v) is 3.39. The van der Waals surface area contributed by atoms with Crippen LogP contribution < -0.4 is 10.3 Å². The molecule has 1 fully saturated rings. The first-order valence-electron chi connectivity index (χ1n) is 9.26. The molecule has 1 aromatic heterocycles. The topological polar surface area (TPSA) is 64.4 Å². The summed E-state index contributed by atoms with van der Waals surface area (Å²) in [7, 11) is 0. The number of aromatic nitrogens is 2. The SMILES string of the molecule is CCCn1nc(C(=O)N2CCCC2c2ccc(OCC)cc2)ccc1=O. The first kappa shape index (κ1) is 18.2. The lowest BCUT2D eigenvalue weighted by Crippen LogP contribution is -2.33. The van der Waals surface area contributed by atoms with E-state index >= 15 is 0 Å². The van der Waals surface area contributed by atoms with Gasteiger partial charge in [-0.15, -0.1) is 0 Å². The highest BCUT2D eigenvalue weighted by Gasteiger charge is 2.31. The Morgan fingerprint density at radius 2 is 1.96 bits per heavy atom. The third kappa shape index (κ3) is 3.79. The summed E-state index contributed by atoms with van der Waals surface area (Å²) >= 11 is 0. The van der Waals surface area contributed by atoms with Crippen molar-refractivity contribution in [2.75, 3.05) is 13.2 Å². The van der Waals surface area contributed by atoms with Crippen LogP contribution in [-0.4, -0.2) is 33.7 Å². The first-order chi connectivity index (χ1) is 12.6. The molecule has 1 aromatic carbocycles. The number of nitrogens with zero attached hydrogens (tertiary/aromatic N) is 3. The standard InChI is InChI=1S/C20H25N3O3/c1-3-13-23-19(24)12-11-17(21-23)20(25)22-14-5-6-18(22)15-7-9-16(10-8-15)26-4-2/h7-12,18H,3-6,13-14H2,1-2H3. The number of aryl methyl sites for hydroxylation is 1. The first-order valence-corrected chi connectivity index (χ1v) is 9.26. The second kappa shape index (κ2) is 8.17. The maximum atomic E-state index is 13.0. The summed E-state index contributed by atoms with van der Waals surface area (Å²) in [6, 6.07) is 10.9. The molecule has 26 heavy (non-hydrogen) atoms. The van der Waals surface area contributed by atoms with E-state index in [0.717, 1.165) is 30.6 Å². The summed E-state index contributed by atoms with van der Waals surface area (Å²) in [5, 5.41) is 4.27. The van der Waals surface area contributed by atoms with E-state index in [-0.39, 0.29) is 17.5 Å². The van der Waals surface area contributed by atoms with Gasteiger partial charge in [0.05, 0.1) is 12.6 Å². The zero-order chi connectivity index (χ0) is 18.5. The monoisotopic (exact) mass is 355 g/mol. The van der Waals surface area contributed by atoms with Crippen LogP contribution in [0.5, 0.6) is 5.75 Å². The molecule has 6 heteroatoms. The van der Waals surface area contributed by atoms with Crippen molar-refractivity contribution in [3.05, 3.63) is 58.0 Å². The Balaban J connectivity index is 1.82. The Kier molecular flexibility index (Phi) is 5.71. The zero-order valence-electron chi connectivity index (χ0n) is 15.4. The highest BCUT2D eigenvalue weighted by atomic mass is 16.5. The molecule has 0 saturated carbocycles. The van der Waals surface area contributed by atoms with E-state index in [1.165, 1.54) is 16.8 Å². The van der Waals surface area contributed by atoms with E-state index < -0.39 is 0 Å². The lowest BCUT2D eigenvalue weighted by atomic mass is 10.0. The van der Waals surface area contributed by atoms with Crippen molar-refractivity contribution in [1.29, 1.82) is 0 Å². The van der Waals surface area contributed by atoms with Crippen molar-refractivity contribution in [3.63, 3.8) is 0 Å². The predicted octanol–water partition coefficient (Wildman–Crippen LogP) is 3.03. The molecule has 1 saturated heterocycles. The number of hydrogen-bond donors (Lipinski definition) is 0. The molecule has 138 valence electrons. The van der Waals surface area contributed by atoms with Crippen molar-refractivity contribution in [3.8, 4) is 5.75 Å². The number of carbonyl (C=O) groups excluding carboxylic acids is 1.